The quantitative estimate of drug-likeness (QED) is 0.372. The molecule has 8 nitrogen and oxygen atoms in total. The molecular weight excluding hydrogens is 320 g/mol. The molecule has 1 aliphatic rings. The highest BCUT2D eigenvalue weighted by Crippen LogP contribution is 2.25. The monoisotopic (exact) mass is 340 g/mol. The molecule has 0 spiro atoms. The molecule has 0 saturated heterocycles. The Morgan fingerprint density at radius 1 is 1.04 bits per heavy atom. The summed E-state index contributed by atoms with van der Waals surface area (Å²) in [5.41, 5.74) is 0. The second kappa shape index (κ2) is 9.49. The highest BCUT2D eigenvalue weighted by atomic mass is 16.9. The largest absolute Gasteiger partial charge is 0.463 e. The molecule has 1 aliphatic heterocycles. The van der Waals surface area contributed by atoms with Gasteiger partial charge in [-0.1, -0.05) is 20.3 Å². The Labute approximate surface area is 139 Å². The zero-order valence-corrected chi connectivity index (χ0v) is 13.6. The summed E-state index contributed by atoms with van der Waals surface area (Å²) in [5, 5.41) is 0. The van der Waals surface area contributed by atoms with Gasteiger partial charge in [0.05, 0.1) is 13.0 Å². The predicted molar refractivity (Wildman–Crippen MR) is 80.1 cm³/mol. The van der Waals surface area contributed by atoms with Crippen molar-refractivity contribution < 1.29 is 38.1 Å². The molecule has 1 rings (SSSR count). The molecule has 24 heavy (non-hydrogen) atoms. The number of carbonyl (C=O) groups is 4. The van der Waals surface area contributed by atoms with Crippen molar-refractivity contribution in [2.45, 2.75) is 45.5 Å². The first kappa shape index (κ1) is 19.4. The lowest BCUT2D eigenvalue weighted by Crippen LogP contribution is -2.42. The maximum Gasteiger partial charge on any atom is 0.424 e. The molecule has 0 aromatic carbocycles. The van der Waals surface area contributed by atoms with E-state index < -0.39 is 29.9 Å². The molecule has 0 amide bonds. The molecule has 0 fully saturated rings. The fourth-order valence-corrected chi connectivity index (χ4v) is 1.72. The lowest BCUT2D eigenvalue weighted by Gasteiger charge is -2.28. The molecule has 1 heterocycles. The van der Waals surface area contributed by atoms with Crippen LogP contribution in [-0.4, -0.2) is 36.5 Å². The Morgan fingerprint density at radius 3 is 2.17 bits per heavy atom. The van der Waals surface area contributed by atoms with E-state index in [0.29, 0.717) is 12.8 Å². The second-order valence-corrected chi connectivity index (χ2v) is 4.88. The fourth-order valence-electron chi connectivity index (χ4n) is 1.72. The van der Waals surface area contributed by atoms with Crippen LogP contribution in [0.25, 0.3) is 0 Å². The molecule has 0 bridgehead atoms. The van der Waals surface area contributed by atoms with Crippen LogP contribution in [0.15, 0.2) is 24.3 Å². The highest BCUT2D eigenvalue weighted by molar-refractivity contribution is 5.94. The first-order valence-electron chi connectivity index (χ1n) is 7.62. The normalized spacial score (nSPS) is 16.2. The van der Waals surface area contributed by atoms with Gasteiger partial charge in [-0.05, 0) is 12.8 Å². The maximum atomic E-state index is 11.8. The van der Waals surface area contributed by atoms with Gasteiger partial charge in [-0.3, -0.25) is 0 Å². The Hall–Kier alpha value is -2.64. The van der Waals surface area contributed by atoms with E-state index in [1.807, 2.05) is 6.92 Å². The zero-order valence-electron chi connectivity index (χ0n) is 13.6. The van der Waals surface area contributed by atoms with Crippen LogP contribution < -0.4 is 0 Å². The Balaban J connectivity index is 2.70. The molecule has 0 radical (unpaired) electrons. The Morgan fingerprint density at radius 2 is 1.62 bits per heavy atom. The van der Waals surface area contributed by atoms with Gasteiger partial charge in [0.25, 0.3) is 0 Å². The molecule has 0 aromatic heterocycles. The molecule has 132 valence electrons. The van der Waals surface area contributed by atoms with Crippen molar-refractivity contribution in [1.29, 1.82) is 0 Å². The van der Waals surface area contributed by atoms with Crippen molar-refractivity contribution in [2.75, 3.05) is 6.61 Å². The second-order valence-electron chi connectivity index (χ2n) is 4.88. The summed E-state index contributed by atoms with van der Waals surface area (Å²) in [5.74, 6) is -5.64. The van der Waals surface area contributed by atoms with Crippen molar-refractivity contribution in [1.82, 2.24) is 0 Å². The molecule has 8 heteroatoms. The van der Waals surface area contributed by atoms with Crippen molar-refractivity contribution in [3.05, 3.63) is 24.3 Å². The van der Waals surface area contributed by atoms with Gasteiger partial charge in [0.2, 0.25) is 0 Å². The third kappa shape index (κ3) is 6.64. The highest BCUT2D eigenvalue weighted by Gasteiger charge is 2.43. The first-order chi connectivity index (χ1) is 11.4. The van der Waals surface area contributed by atoms with Gasteiger partial charge in [0.1, 0.15) is 0 Å². The van der Waals surface area contributed by atoms with Crippen molar-refractivity contribution >= 4 is 23.9 Å². The number of unbranched alkanes of at least 4 members (excludes halogenated alkanes) is 1. The van der Waals surface area contributed by atoms with Crippen LogP contribution in [0.3, 0.4) is 0 Å². The standard InChI is InChI=1S/C16H20O8/c1-3-5-11-21-12(17)6-7-13(18)22-16(10-4-2)23-14(19)8-9-15(20)24-16/h6-9H,3-5,10-11H2,1-2H3/b7-6-. The number of hydrogen-bond donors (Lipinski definition) is 0. The van der Waals surface area contributed by atoms with E-state index in [0.717, 1.165) is 30.7 Å². The van der Waals surface area contributed by atoms with Gasteiger partial charge in [-0.2, -0.15) is 0 Å². The van der Waals surface area contributed by atoms with E-state index in [4.69, 9.17) is 18.9 Å². The molecule has 0 saturated carbocycles. The number of carbonyl (C=O) groups excluding carboxylic acids is 4. The zero-order chi connectivity index (χ0) is 18.0. The number of ether oxygens (including phenoxy) is 4. The summed E-state index contributed by atoms with van der Waals surface area (Å²) in [4.78, 5) is 46.2. The summed E-state index contributed by atoms with van der Waals surface area (Å²) in [6.45, 7) is 3.91. The van der Waals surface area contributed by atoms with Gasteiger partial charge in [-0.15, -0.1) is 0 Å². The van der Waals surface area contributed by atoms with Crippen LogP contribution >= 0.6 is 0 Å². The summed E-state index contributed by atoms with van der Waals surface area (Å²) >= 11 is 0. The molecule has 0 aromatic rings. The van der Waals surface area contributed by atoms with Gasteiger partial charge in [0.15, 0.2) is 0 Å². The van der Waals surface area contributed by atoms with Crippen molar-refractivity contribution in [3.63, 3.8) is 0 Å². The maximum absolute atomic E-state index is 11.8. The van der Waals surface area contributed by atoms with Gasteiger partial charge in [-0.25, -0.2) is 19.2 Å². The number of esters is 4. The van der Waals surface area contributed by atoms with E-state index in [1.165, 1.54) is 0 Å². The molecule has 0 aliphatic carbocycles. The van der Waals surface area contributed by atoms with Crippen molar-refractivity contribution in [3.8, 4) is 0 Å². The van der Waals surface area contributed by atoms with Gasteiger partial charge in [0, 0.05) is 24.3 Å². The smallest absolute Gasteiger partial charge is 0.424 e. The van der Waals surface area contributed by atoms with E-state index in [9.17, 15) is 19.2 Å². The molecular formula is C16H20O8. The average Bonchev–Trinajstić information content (AvgIpc) is 2.64. The van der Waals surface area contributed by atoms with Crippen LogP contribution in [0.5, 0.6) is 0 Å². The minimum absolute atomic E-state index is 0.0489. The minimum atomic E-state index is -2.15. The molecule has 0 unspecified atom stereocenters. The molecule has 0 N–H and O–H groups in total. The SMILES string of the molecule is CCCCOC(=O)/C=C\C(=O)OC1(CCC)OC(=O)C=CC(=O)O1. The van der Waals surface area contributed by atoms with Crippen LogP contribution in [0.2, 0.25) is 0 Å². The van der Waals surface area contributed by atoms with Crippen LogP contribution in [-0.2, 0) is 38.1 Å². The van der Waals surface area contributed by atoms with Crippen molar-refractivity contribution in [2.24, 2.45) is 0 Å². The van der Waals surface area contributed by atoms with E-state index in [2.05, 4.69) is 0 Å². The summed E-state index contributed by atoms with van der Waals surface area (Å²) in [6.07, 6.45) is 5.36. The van der Waals surface area contributed by atoms with Gasteiger partial charge >= 0.3 is 29.9 Å². The third-order valence-electron chi connectivity index (χ3n) is 2.78. The Bertz CT molecular complexity index is 526. The average molecular weight is 340 g/mol. The lowest BCUT2D eigenvalue weighted by atomic mass is 10.3. The van der Waals surface area contributed by atoms with E-state index in [-0.39, 0.29) is 13.0 Å². The fraction of sp³-hybridized carbons (Fsp3) is 0.500. The van der Waals surface area contributed by atoms with E-state index >= 15 is 0 Å². The Kier molecular flexibility index (Phi) is 7.67. The minimum Gasteiger partial charge on any atom is -0.463 e. The van der Waals surface area contributed by atoms with Crippen LogP contribution in [0.1, 0.15) is 39.5 Å². The third-order valence-corrected chi connectivity index (χ3v) is 2.78. The summed E-state index contributed by atoms with van der Waals surface area (Å²) in [6, 6.07) is 0. The first-order valence-corrected chi connectivity index (χ1v) is 7.62. The summed E-state index contributed by atoms with van der Waals surface area (Å²) in [7, 11) is 0. The number of rotatable bonds is 8. The van der Waals surface area contributed by atoms with E-state index in [1.54, 1.807) is 6.92 Å². The van der Waals surface area contributed by atoms with Crippen LogP contribution in [0.4, 0.5) is 0 Å². The van der Waals surface area contributed by atoms with Gasteiger partial charge < -0.3 is 18.9 Å². The molecule has 0 atom stereocenters. The predicted octanol–water partition coefficient (Wildman–Crippen LogP) is 1.54. The topological polar surface area (TPSA) is 105 Å². The lowest BCUT2D eigenvalue weighted by molar-refractivity contribution is -0.325. The van der Waals surface area contributed by atoms with Crippen LogP contribution in [0, 0.1) is 0 Å². The number of cyclic esters (lactones) is 2. The number of hydrogen-bond acceptors (Lipinski definition) is 8. The summed E-state index contributed by atoms with van der Waals surface area (Å²) < 4.78 is 19.6.